The van der Waals surface area contributed by atoms with Crippen molar-refractivity contribution < 1.29 is 13.9 Å². The lowest BCUT2D eigenvalue weighted by molar-refractivity contribution is 0.0918. The first-order valence-electron chi connectivity index (χ1n) is 5.58. The van der Waals surface area contributed by atoms with E-state index in [1.54, 1.807) is 4.90 Å². The van der Waals surface area contributed by atoms with Gasteiger partial charge in [0.25, 0.3) is 0 Å². The molecule has 2 aliphatic rings. The minimum absolute atomic E-state index is 0.0648. The maximum absolute atomic E-state index is 11.7. The van der Waals surface area contributed by atoms with Gasteiger partial charge in [-0.3, -0.25) is 4.90 Å². The van der Waals surface area contributed by atoms with E-state index in [1.807, 2.05) is 0 Å². The highest BCUT2D eigenvalue weighted by Crippen LogP contribution is 2.46. The lowest BCUT2D eigenvalue weighted by atomic mass is 10.00. The monoisotopic (exact) mass is 222 g/mol. The van der Waals surface area contributed by atoms with Crippen molar-refractivity contribution in [1.82, 2.24) is 9.88 Å². The average Bonchev–Trinajstić information content (AvgIpc) is 3.03. The first-order valence-corrected chi connectivity index (χ1v) is 5.58. The molecule has 86 valence electrons. The molecule has 0 saturated heterocycles. The highest BCUT2D eigenvalue weighted by atomic mass is 16.5. The maximum atomic E-state index is 11.7. The Morgan fingerprint density at radius 3 is 3.12 bits per heavy atom. The molecule has 1 amide bonds. The van der Waals surface area contributed by atoms with Crippen molar-refractivity contribution in [2.45, 2.75) is 25.3 Å². The first-order chi connectivity index (χ1) is 7.81. The normalized spacial score (nSPS) is 24.1. The molecule has 5 heteroatoms. The molecule has 1 aliphatic carbocycles. The van der Waals surface area contributed by atoms with Gasteiger partial charge >= 0.3 is 6.09 Å². The number of nitrogens with zero attached hydrogens (tertiary/aromatic N) is 2. The number of rotatable bonds is 1. The number of methoxy groups -OCH3 is 1. The topological polar surface area (TPSA) is 55.6 Å². The SMILES string of the molecule is COC(=O)N1CCc2ocnc2C1C1CC1. The standard InChI is InChI=1S/C11H14N2O3/c1-15-11(14)13-5-4-8-9(12-6-16-8)10(13)7-2-3-7/h6-7,10H,2-5H2,1H3. The number of hydrogen-bond acceptors (Lipinski definition) is 4. The van der Waals surface area contributed by atoms with Gasteiger partial charge in [0.15, 0.2) is 6.39 Å². The van der Waals surface area contributed by atoms with Gasteiger partial charge in [0.1, 0.15) is 11.5 Å². The van der Waals surface area contributed by atoms with Gasteiger partial charge in [-0.2, -0.15) is 0 Å². The van der Waals surface area contributed by atoms with Crippen LogP contribution in [0.1, 0.15) is 30.3 Å². The van der Waals surface area contributed by atoms with Crippen molar-refractivity contribution in [2.75, 3.05) is 13.7 Å². The molecular formula is C11H14N2O3. The molecular weight excluding hydrogens is 208 g/mol. The predicted octanol–water partition coefficient (Wildman–Crippen LogP) is 1.75. The second-order valence-corrected chi connectivity index (χ2v) is 4.36. The highest BCUT2D eigenvalue weighted by molar-refractivity contribution is 5.68. The van der Waals surface area contributed by atoms with Gasteiger partial charge in [-0.15, -0.1) is 0 Å². The summed E-state index contributed by atoms with van der Waals surface area (Å²) in [5, 5.41) is 0. The Labute approximate surface area is 93.4 Å². The van der Waals surface area contributed by atoms with Gasteiger partial charge in [-0.25, -0.2) is 9.78 Å². The highest BCUT2D eigenvalue weighted by Gasteiger charge is 2.44. The molecule has 2 heterocycles. The van der Waals surface area contributed by atoms with E-state index in [4.69, 9.17) is 9.15 Å². The third kappa shape index (κ3) is 1.38. The Morgan fingerprint density at radius 2 is 2.44 bits per heavy atom. The molecule has 0 aromatic carbocycles. The van der Waals surface area contributed by atoms with E-state index in [-0.39, 0.29) is 12.1 Å². The van der Waals surface area contributed by atoms with Crippen LogP contribution in [0.5, 0.6) is 0 Å². The zero-order valence-electron chi connectivity index (χ0n) is 9.18. The van der Waals surface area contributed by atoms with Crippen molar-refractivity contribution in [1.29, 1.82) is 0 Å². The van der Waals surface area contributed by atoms with Crippen LogP contribution in [0.2, 0.25) is 0 Å². The second-order valence-electron chi connectivity index (χ2n) is 4.36. The number of aromatic nitrogens is 1. The molecule has 0 bridgehead atoms. The molecule has 1 aliphatic heterocycles. The number of hydrogen-bond donors (Lipinski definition) is 0. The van der Waals surface area contributed by atoms with Crippen LogP contribution in [-0.4, -0.2) is 29.6 Å². The zero-order valence-corrected chi connectivity index (χ0v) is 9.18. The number of fused-ring (bicyclic) bond motifs is 1. The van der Waals surface area contributed by atoms with Crippen molar-refractivity contribution in [3.8, 4) is 0 Å². The van der Waals surface area contributed by atoms with Crippen LogP contribution in [0.25, 0.3) is 0 Å². The Balaban J connectivity index is 1.94. The van der Waals surface area contributed by atoms with Crippen LogP contribution in [0, 0.1) is 5.92 Å². The van der Waals surface area contributed by atoms with Crippen LogP contribution >= 0.6 is 0 Å². The summed E-state index contributed by atoms with van der Waals surface area (Å²) in [4.78, 5) is 17.7. The summed E-state index contributed by atoms with van der Waals surface area (Å²) in [6.07, 6.45) is 4.26. The van der Waals surface area contributed by atoms with E-state index >= 15 is 0 Å². The molecule has 0 spiro atoms. The summed E-state index contributed by atoms with van der Waals surface area (Å²) in [6.45, 7) is 0.663. The quantitative estimate of drug-likeness (QED) is 0.726. The molecule has 0 N–H and O–H groups in total. The molecule has 1 aromatic heterocycles. The zero-order chi connectivity index (χ0) is 11.1. The van der Waals surface area contributed by atoms with E-state index in [0.29, 0.717) is 12.5 Å². The summed E-state index contributed by atoms with van der Waals surface area (Å²) < 4.78 is 10.2. The minimum Gasteiger partial charge on any atom is -0.453 e. The Hall–Kier alpha value is -1.52. The number of ether oxygens (including phenoxy) is 1. The van der Waals surface area contributed by atoms with Crippen LogP contribution in [0.3, 0.4) is 0 Å². The van der Waals surface area contributed by atoms with Gasteiger partial charge in [0.2, 0.25) is 0 Å². The summed E-state index contributed by atoms with van der Waals surface area (Å²) in [6, 6.07) is 0.0648. The van der Waals surface area contributed by atoms with Crippen molar-refractivity contribution in [3.63, 3.8) is 0 Å². The first kappa shape index (κ1) is 9.69. The Kier molecular flexibility index (Phi) is 2.12. The fraction of sp³-hybridized carbons (Fsp3) is 0.636. The third-order valence-corrected chi connectivity index (χ3v) is 3.35. The van der Waals surface area contributed by atoms with Crippen molar-refractivity contribution in [2.24, 2.45) is 5.92 Å². The van der Waals surface area contributed by atoms with E-state index in [0.717, 1.165) is 30.7 Å². The van der Waals surface area contributed by atoms with E-state index in [2.05, 4.69) is 4.98 Å². The van der Waals surface area contributed by atoms with Crippen LogP contribution in [-0.2, 0) is 11.2 Å². The van der Waals surface area contributed by atoms with Crippen LogP contribution < -0.4 is 0 Å². The van der Waals surface area contributed by atoms with Gasteiger partial charge in [0.05, 0.1) is 13.2 Å². The number of carbonyl (C=O) groups is 1. The fourth-order valence-corrected chi connectivity index (χ4v) is 2.43. The lowest BCUT2D eigenvalue weighted by Gasteiger charge is -2.33. The average molecular weight is 222 g/mol. The largest absolute Gasteiger partial charge is 0.453 e. The van der Waals surface area contributed by atoms with Gasteiger partial charge in [-0.05, 0) is 18.8 Å². The summed E-state index contributed by atoms with van der Waals surface area (Å²) in [7, 11) is 1.42. The summed E-state index contributed by atoms with van der Waals surface area (Å²) in [5.74, 6) is 1.46. The molecule has 1 fully saturated rings. The van der Waals surface area contributed by atoms with Crippen molar-refractivity contribution in [3.05, 3.63) is 17.8 Å². The molecule has 5 nitrogen and oxygen atoms in total. The molecule has 0 radical (unpaired) electrons. The van der Waals surface area contributed by atoms with Crippen LogP contribution in [0.15, 0.2) is 10.8 Å². The number of oxazole rings is 1. The molecule has 1 saturated carbocycles. The molecule has 3 rings (SSSR count). The molecule has 1 atom stereocenters. The smallest absolute Gasteiger partial charge is 0.410 e. The Morgan fingerprint density at radius 1 is 1.62 bits per heavy atom. The second kappa shape index (κ2) is 3.50. The van der Waals surface area contributed by atoms with Gasteiger partial charge in [-0.1, -0.05) is 0 Å². The fourth-order valence-electron chi connectivity index (χ4n) is 2.43. The summed E-state index contributed by atoms with van der Waals surface area (Å²) >= 11 is 0. The van der Waals surface area contributed by atoms with Gasteiger partial charge < -0.3 is 9.15 Å². The predicted molar refractivity (Wildman–Crippen MR) is 54.8 cm³/mol. The van der Waals surface area contributed by atoms with E-state index < -0.39 is 0 Å². The van der Waals surface area contributed by atoms with Crippen molar-refractivity contribution >= 4 is 6.09 Å². The lowest BCUT2D eigenvalue weighted by Crippen LogP contribution is -2.40. The maximum Gasteiger partial charge on any atom is 0.410 e. The number of carbonyl (C=O) groups excluding carboxylic acids is 1. The van der Waals surface area contributed by atoms with E-state index in [9.17, 15) is 4.79 Å². The van der Waals surface area contributed by atoms with E-state index in [1.165, 1.54) is 13.5 Å². The summed E-state index contributed by atoms with van der Waals surface area (Å²) in [5.41, 5.74) is 0.930. The van der Waals surface area contributed by atoms with Gasteiger partial charge in [0, 0.05) is 13.0 Å². The van der Waals surface area contributed by atoms with Crippen LogP contribution in [0.4, 0.5) is 4.79 Å². The number of amides is 1. The molecule has 1 unspecified atom stereocenters. The Bertz CT molecular complexity index is 411. The molecule has 16 heavy (non-hydrogen) atoms. The third-order valence-electron chi connectivity index (χ3n) is 3.35. The minimum atomic E-state index is -0.259. The molecule has 1 aromatic rings.